The van der Waals surface area contributed by atoms with Crippen molar-refractivity contribution in [1.29, 1.82) is 0 Å². The summed E-state index contributed by atoms with van der Waals surface area (Å²) in [4.78, 5) is 0. The second kappa shape index (κ2) is 4.67. The van der Waals surface area contributed by atoms with E-state index in [1.807, 2.05) is 30.3 Å². The van der Waals surface area contributed by atoms with E-state index in [0.29, 0.717) is 13.2 Å². The van der Waals surface area contributed by atoms with E-state index in [0.717, 1.165) is 12.0 Å². The Balaban J connectivity index is 1.66. The van der Waals surface area contributed by atoms with Crippen LogP contribution in [0.5, 0.6) is 0 Å². The minimum Gasteiger partial charge on any atom is -0.368 e. The van der Waals surface area contributed by atoms with Crippen molar-refractivity contribution in [3.05, 3.63) is 71.3 Å². The van der Waals surface area contributed by atoms with Crippen LogP contribution in [0.25, 0.3) is 0 Å². The summed E-state index contributed by atoms with van der Waals surface area (Å²) >= 11 is 0. The van der Waals surface area contributed by atoms with Crippen LogP contribution in [0.4, 0.5) is 0 Å². The summed E-state index contributed by atoms with van der Waals surface area (Å²) in [5, 5.41) is 0. The van der Waals surface area contributed by atoms with E-state index in [-0.39, 0.29) is 0 Å². The van der Waals surface area contributed by atoms with Crippen molar-refractivity contribution < 1.29 is 14.2 Å². The van der Waals surface area contributed by atoms with Crippen molar-refractivity contribution in [3.63, 3.8) is 0 Å². The molecule has 1 heterocycles. The third kappa shape index (κ3) is 1.85. The zero-order valence-corrected chi connectivity index (χ0v) is 12.0. The number of rotatable bonds is 2. The van der Waals surface area contributed by atoms with Crippen LogP contribution in [0.15, 0.2) is 54.6 Å². The van der Waals surface area contributed by atoms with Gasteiger partial charge < -0.3 is 14.2 Å². The highest BCUT2D eigenvalue weighted by Gasteiger charge is 2.73. The van der Waals surface area contributed by atoms with Crippen LogP contribution in [-0.4, -0.2) is 12.9 Å². The molecule has 0 bridgehead atoms. The Kier molecular flexibility index (Phi) is 2.89. The second-order valence-corrected chi connectivity index (χ2v) is 5.67. The molecule has 1 atom stereocenters. The zero-order chi connectivity index (χ0) is 14.3. The van der Waals surface area contributed by atoms with Crippen molar-refractivity contribution in [2.75, 3.05) is 7.11 Å². The first kappa shape index (κ1) is 13.0. The van der Waals surface area contributed by atoms with Crippen LogP contribution in [-0.2, 0) is 33.0 Å². The molecule has 1 fully saturated rings. The summed E-state index contributed by atoms with van der Waals surface area (Å²) in [5.41, 5.74) is 3.01. The van der Waals surface area contributed by atoms with Gasteiger partial charge in [0.05, 0.1) is 13.2 Å². The van der Waals surface area contributed by atoms with Gasteiger partial charge in [0.25, 0.3) is 0 Å². The Morgan fingerprint density at radius 1 is 0.857 bits per heavy atom. The second-order valence-electron chi connectivity index (χ2n) is 5.67. The molecule has 1 spiro atoms. The third-order valence-electron chi connectivity index (χ3n) is 4.60. The van der Waals surface area contributed by atoms with E-state index in [1.165, 1.54) is 11.1 Å². The summed E-state index contributed by atoms with van der Waals surface area (Å²) in [6, 6.07) is 18.5. The molecule has 2 aromatic rings. The molecule has 3 heteroatoms. The van der Waals surface area contributed by atoms with Gasteiger partial charge in [0.1, 0.15) is 0 Å². The lowest BCUT2D eigenvalue weighted by Crippen LogP contribution is -2.30. The number of fused-ring (bicyclic) bond motifs is 1. The first-order chi connectivity index (χ1) is 10.3. The molecule has 0 aromatic heterocycles. The first-order valence-corrected chi connectivity index (χ1v) is 7.25. The normalized spacial score (nSPS) is 26.1. The zero-order valence-electron chi connectivity index (χ0n) is 12.0. The maximum absolute atomic E-state index is 6.14. The van der Waals surface area contributed by atoms with Gasteiger partial charge in [0.15, 0.2) is 5.60 Å². The molecule has 0 N–H and O–H groups in total. The SMILES string of the molecule is COC1(c2ccccc2)CC12OCc1ccccc1CO2. The molecule has 4 rings (SSSR count). The number of hydrogen-bond acceptors (Lipinski definition) is 3. The highest BCUT2D eigenvalue weighted by molar-refractivity contribution is 5.36. The number of hydrogen-bond donors (Lipinski definition) is 0. The van der Waals surface area contributed by atoms with Gasteiger partial charge in [-0.1, -0.05) is 54.6 Å². The van der Waals surface area contributed by atoms with Gasteiger partial charge in [0.2, 0.25) is 5.79 Å². The molecular weight excluding hydrogens is 264 g/mol. The molecule has 1 aliphatic heterocycles. The summed E-state index contributed by atoms with van der Waals surface area (Å²) in [6.07, 6.45) is 0.731. The van der Waals surface area contributed by atoms with Gasteiger partial charge in [-0.15, -0.1) is 0 Å². The molecule has 1 saturated carbocycles. The van der Waals surface area contributed by atoms with Gasteiger partial charge in [0, 0.05) is 13.5 Å². The molecule has 0 saturated heterocycles. The average molecular weight is 282 g/mol. The topological polar surface area (TPSA) is 27.7 Å². The fourth-order valence-electron chi connectivity index (χ4n) is 3.26. The molecule has 21 heavy (non-hydrogen) atoms. The highest BCUT2D eigenvalue weighted by Crippen LogP contribution is 2.62. The smallest absolute Gasteiger partial charge is 0.206 e. The van der Waals surface area contributed by atoms with Crippen LogP contribution >= 0.6 is 0 Å². The maximum Gasteiger partial charge on any atom is 0.206 e. The van der Waals surface area contributed by atoms with Gasteiger partial charge >= 0.3 is 0 Å². The van der Waals surface area contributed by atoms with Crippen LogP contribution < -0.4 is 0 Å². The number of benzene rings is 2. The number of ether oxygens (including phenoxy) is 3. The van der Waals surface area contributed by atoms with Crippen LogP contribution in [0.1, 0.15) is 23.1 Å². The molecule has 0 radical (unpaired) electrons. The number of methoxy groups -OCH3 is 1. The molecule has 2 aliphatic rings. The lowest BCUT2D eigenvalue weighted by atomic mass is 10.1. The van der Waals surface area contributed by atoms with E-state index in [2.05, 4.69) is 24.3 Å². The largest absolute Gasteiger partial charge is 0.368 e. The molecule has 3 nitrogen and oxygen atoms in total. The monoisotopic (exact) mass is 282 g/mol. The van der Waals surface area contributed by atoms with Crippen LogP contribution in [0.3, 0.4) is 0 Å². The lowest BCUT2D eigenvalue weighted by molar-refractivity contribution is -0.219. The summed E-state index contributed by atoms with van der Waals surface area (Å²) in [5.74, 6) is -0.665. The summed E-state index contributed by atoms with van der Waals surface area (Å²) < 4.78 is 18.1. The van der Waals surface area contributed by atoms with E-state index < -0.39 is 11.4 Å². The average Bonchev–Trinajstić information content (AvgIpc) is 3.26. The Hall–Kier alpha value is -1.68. The Labute approximate surface area is 124 Å². The van der Waals surface area contributed by atoms with E-state index in [1.54, 1.807) is 7.11 Å². The van der Waals surface area contributed by atoms with Crippen LogP contribution in [0.2, 0.25) is 0 Å². The van der Waals surface area contributed by atoms with Crippen molar-refractivity contribution in [2.24, 2.45) is 0 Å². The lowest BCUT2D eigenvalue weighted by Gasteiger charge is -2.24. The minimum absolute atomic E-state index is 0.490. The molecular formula is C18H18O3. The maximum atomic E-state index is 6.14. The Morgan fingerprint density at radius 3 is 2.00 bits per heavy atom. The van der Waals surface area contributed by atoms with Crippen molar-refractivity contribution in [3.8, 4) is 0 Å². The molecule has 108 valence electrons. The Bertz CT molecular complexity index is 626. The minimum atomic E-state index is -0.665. The van der Waals surface area contributed by atoms with E-state index >= 15 is 0 Å². The summed E-state index contributed by atoms with van der Waals surface area (Å²) in [6.45, 7) is 1.13. The molecule has 0 amide bonds. The first-order valence-electron chi connectivity index (χ1n) is 7.25. The van der Waals surface area contributed by atoms with Crippen molar-refractivity contribution >= 4 is 0 Å². The fraction of sp³-hybridized carbons (Fsp3) is 0.333. The van der Waals surface area contributed by atoms with Gasteiger partial charge in [-0.05, 0) is 16.7 Å². The summed E-state index contributed by atoms with van der Waals surface area (Å²) in [7, 11) is 1.73. The third-order valence-corrected chi connectivity index (χ3v) is 4.60. The van der Waals surface area contributed by atoms with Gasteiger partial charge in [-0.3, -0.25) is 0 Å². The molecule has 1 aliphatic carbocycles. The molecule has 1 unspecified atom stereocenters. The molecule has 2 aromatic carbocycles. The van der Waals surface area contributed by atoms with Gasteiger partial charge in [-0.2, -0.15) is 0 Å². The van der Waals surface area contributed by atoms with Crippen molar-refractivity contribution in [1.82, 2.24) is 0 Å². The predicted molar refractivity (Wildman–Crippen MR) is 78.5 cm³/mol. The van der Waals surface area contributed by atoms with E-state index in [9.17, 15) is 0 Å². The Morgan fingerprint density at radius 2 is 1.43 bits per heavy atom. The fourth-order valence-corrected chi connectivity index (χ4v) is 3.26. The van der Waals surface area contributed by atoms with Gasteiger partial charge in [-0.25, -0.2) is 0 Å². The van der Waals surface area contributed by atoms with Crippen LogP contribution in [0, 0.1) is 0 Å². The standard InChI is InChI=1S/C18H18O3/c1-19-17(16-9-3-2-4-10-16)13-18(17)20-11-14-7-5-6-8-15(14)12-21-18/h2-10H,11-13H2,1H3. The van der Waals surface area contributed by atoms with Crippen molar-refractivity contribution in [2.45, 2.75) is 31.0 Å². The predicted octanol–water partition coefficient (Wildman–Crippen LogP) is 3.38. The highest BCUT2D eigenvalue weighted by atomic mass is 16.7. The quantitative estimate of drug-likeness (QED) is 0.845. The van der Waals surface area contributed by atoms with E-state index in [4.69, 9.17) is 14.2 Å².